The van der Waals surface area contributed by atoms with Crippen molar-refractivity contribution in [3.8, 4) is 0 Å². The molecule has 0 saturated heterocycles. The van der Waals surface area contributed by atoms with E-state index in [1.165, 1.54) is 11.8 Å². The lowest BCUT2D eigenvalue weighted by atomic mass is 10.3. The molecule has 18 heavy (non-hydrogen) atoms. The normalized spacial score (nSPS) is 12.7. The fraction of sp³-hybridized carbons (Fsp3) is 0.727. The molecule has 0 aromatic carbocycles. The highest BCUT2D eigenvalue weighted by Crippen LogP contribution is 2.15. The number of hydrogen-bond donors (Lipinski definition) is 1. The molecule has 1 unspecified atom stereocenters. The lowest BCUT2D eigenvalue weighted by molar-refractivity contribution is -0.145. The van der Waals surface area contributed by atoms with Crippen molar-refractivity contribution in [1.82, 2.24) is 20.1 Å². The number of aryl methyl sites for hydroxylation is 1. The Morgan fingerprint density at radius 2 is 2.33 bits per heavy atom. The number of rotatable bonds is 7. The van der Waals surface area contributed by atoms with Crippen molar-refractivity contribution in [2.24, 2.45) is 7.05 Å². The van der Waals surface area contributed by atoms with E-state index in [-0.39, 0.29) is 18.1 Å². The molecule has 6 nitrogen and oxygen atoms in total. The second-order valence-corrected chi connectivity index (χ2v) is 5.15. The van der Waals surface area contributed by atoms with E-state index in [1.54, 1.807) is 13.3 Å². The number of thioether (sulfide) groups is 1. The van der Waals surface area contributed by atoms with Gasteiger partial charge in [0, 0.05) is 18.8 Å². The molecule has 0 aliphatic carbocycles. The summed E-state index contributed by atoms with van der Waals surface area (Å²) >= 11 is 1.48. The molecule has 0 saturated carbocycles. The van der Waals surface area contributed by atoms with Crippen LogP contribution in [0.4, 0.5) is 0 Å². The van der Waals surface area contributed by atoms with Crippen LogP contribution in [-0.4, -0.2) is 45.2 Å². The van der Waals surface area contributed by atoms with E-state index in [1.807, 2.05) is 25.5 Å². The number of nitrogens with one attached hydrogen (secondary N) is 1. The van der Waals surface area contributed by atoms with Gasteiger partial charge in [-0.2, -0.15) is 0 Å². The van der Waals surface area contributed by atoms with Crippen molar-refractivity contribution >= 4 is 17.7 Å². The summed E-state index contributed by atoms with van der Waals surface area (Å²) in [5.41, 5.74) is 0. The Hall–Kier alpha value is -1.08. The Morgan fingerprint density at radius 3 is 2.83 bits per heavy atom. The third-order valence-corrected chi connectivity index (χ3v) is 3.28. The van der Waals surface area contributed by atoms with Crippen molar-refractivity contribution in [1.29, 1.82) is 0 Å². The molecule has 102 valence electrons. The predicted octanol–water partition coefficient (Wildman–Crippen LogP) is 0.837. The topological polar surface area (TPSA) is 69.0 Å². The Balaban J connectivity index is 2.55. The number of aromatic nitrogens is 3. The first-order valence-electron chi connectivity index (χ1n) is 5.94. The van der Waals surface area contributed by atoms with Crippen LogP contribution < -0.4 is 5.32 Å². The van der Waals surface area contributed by atoms with E-state index in [2.05, 4.69) is 15.5 Å². The summed E-state index contributed by atoms with van der Waals surface area (Å²) in [6.45, 7) is 6.20. The van der Waals surface area contributed by atoms with Gasteiger partial charge in [0.1, 0.15) is 12.4 Å². The molecule has 1 aromatic heterocycles. The molecule has 0 bridgehead atoms. The Kier molecular flexibility index (Phi) is 6.14. The van der Waals surface area contributed by atoms with E-state index in [0.29, 0.717) is 12.4 Å². The van der Waals surface area contributed by atoms with Gasteiger partial charge in [-0.15, -0.1) is 10.2 Å². The van der Waals surface area contributed by atoms with Gasteiger partial charge >= 0.3 is 5.97 Å². The Labute approximate surface area is 111 Å². The van der Waals surface area contributed by atoms with E-state index in [9.17, 15) is 4.79 Å². The molecule has 0 aliphatic heterocycles. The maximum Gasteiger partial charge on any atom is 0.324 e. The first-order chi connectivity index (χ1) is 8.54. The monoisotopic (exact) mass is 272 g/mol. The van der Waals surface area contributed by atoms with Crippen LogP contribution in [0.3, 0.4) is 0 Å². The van der Waals surface area contributed by atoms with E-state index in [0.717, 1.165) is 5.16 Å². The third-order valence-electron chi connectivity index (χ3n) is 2.15. The zero-order valence-electron chi connectivity index (χ0n) is 11.2. The molecular weight excluding hydrogens is 252 g/mol. The highest BCUT2D eigenvalue weighted by atomic mass is 32.2. The SMILES string of the molecule is CCOC(=O)C(CSc1nncn1C)NC(C)C. The van der Waals surface area contributed by atoms with Crippen LogP contribution in [-0.2, 0) is 16.6 Å². The van der Waals surface area contributed by atoms with E-state index >= 15 is 0 Å². The fourth-order valence-electron chi connectivity index (χ4n) is 1.39. The van der Waals surface area contributed by atoms with Crippen molar-refractivity contribution in [2.75, 3.05) is 12.4 Å². The molecular formula is C11H20N4O2S. The molecule has 0 spiro atoms. The van der Waals surface area contributed by atoms with Crippen molar-refractivity contribution < 1.29 is 9.53 Å². The lowest BCUT2D eigenvalue weighted by Gasteiger charge is -2.18. The molecule has 0 fully saturated rings. The number of nitrogens with zero attached hydrogens (tertiary/aromatic N) is 3. The van der Waals surface area contributed by atoms with Crippen LogP contribution in [0.15, 0.2) is 11.5 Å². The molecule has 1 heterocycles. The van der Waals surface area contributed by atoms with Crippen LogP contribution in [0, 0.1) is 0 Å². The molecule has 7 heteroatoms. The molecule has 0 amide bonds. The highest BCUT2D eigenvalue weighted by Gasteiger charge is 2.21. The van der Waals surface area contributed by atoms with Crippen LogP contribution in [0.25, 0.3) is 0 Å². The van der Waals surface area contributed by atoms with E-state index < -0.39 is 0 Å². The minimum absolute atomic E-state index is 0.221. The standard InChI is InChI=1S/C11H20N4O2S/c1-5-17-10(16)9(13-8(2)3)6-18-11-14-12-7-15(11)4/h7-9,13H,5-6H2,1-4H3. The van der Waals surface area contributed by atoms with Gasteiger partial charge in [0.25, 0.3) is 0 Å². The van der Waals surface area contributed by atoms with Crippen LogP contribution >= 0.6 is 11.8 Å². The highest BCUT2D eigenvalue weighted by molar-refractivity contribution is 7.99. The molecule has 1 rings (SSSR count). The first kappa shape index (κ1) is 15.0. The zero-order valence-corrected chi connectivity index (χ0v) is 12.0. The summed E-state index contributed by atoms with van der Waals surface area (Å²) in [7, 11) is 1.87. The summed E-state index contributed by atoms with van der Waals surface area (Å²) in [6.07, 6.45) is 1.64. The van der Waals surface area contributed by atoms with Crippen molar-refractivity contribution in [3.63, 3.8) is 0 Å². The Morgan fingerprint density at radius 1 is 1.61 bits per heavy atom. The lowest BCUT2D eigenvalue weighted by Crippen LogP contribution is -2.43. The van der Waals surface area contributed by atoms with Gasteiger partial charge in [0.2, 0.25) is 0 Å². The maximum atomic E-state index is 11.8. The van der Waals surface area contributed by atoms with Crippen molar-refractivity contribution in [2.45, 2.75) is 38.0 Å². The Bertz CT molecular complexity index is 381. The smallest absolute Gasteiger partial charge is 0.324 e. The van der Waals surface area contributed by atoms with Gasteiger partial charge in [0.05, 0.1) is 6.61 Å². The van der Waals surface area contributed by atoms with Gasteiger partial charge in [-0.05, 0) is 6.92 Å². The number of carbonyl (C=O) groups is 1. The third kappa shape index (κ3) is 4.66. The van der Waals surface area contributed by atoms with E-state index in [4.69, 9.17) is 4.74 Å². The first-order valence-corrected chi connectivity index (χ1v) is 6.92. The van der Waals surface area contributed by atoms with Gasteiger partial charge in [-0.1, -0.05) is 25.6 Å². The van der Waals surface area contributed by atoms with Crippen LogP contribution in [0.2, 0.25) is 0 Å². The quantitative estimate of drug-likeness (QED) is 0.586. The van der Waals surface area contributed by atoms with Crippen LogP contribution in [0.1, 0.15) is 20.8 Å². The van der Waals surface area contributed by atoms with Gasteiger partial charge in [0.15, 0.2) is 5.16 Å². The average molecular weight is 272 g/mol. The minimum atomic E-state index is -0.327. The second-order valence-electron chi connectivity index (χ2n) is 4.16. The summed E-state index contributed by atoms with van der Waals surface area (Å²) in [5, 5.41) is 11.7. The van der Waals surface area contributed by atoms with Gasteiger partial charge in [-0.25, -0.2) is 0 Å². The number of esters is 1. The number of ether oxygens (including phenoxy) is 1. The molecule has 1 N–H and O–H groups in total. The summed E-state index contributed by atoms with van der Waals surface area (Å²) in [6, 6.07) is -0.105. The molecule has 0 aliphatic rings. The molecule has 1 aromatic rings. The summed E-state index contributed by atoms with van der Waals surface area (Å²) in [4.78, 5) is 11.8. The minimum Gasteiger partial charge on any atom is -0.465 e. The molecule has 0 radical (unpaired) electrons. The van der Waals surface area contributed by atoms with Gasteiger partial charge in [-0.3, -0.25) is 4.79 Å². The maximum absolute atomic E-state index is 11.8. The second kappa shape index (κ2) is 7.38. The predicted molar refractivity (Wildman–Crippen MR) is 70.4 cm³/mol. The summed E-state index contributed by atoms with van der Waals surface area (Å²) in [5.74, 6) is 0.352. The number of carbonyl (C=O) groups excluding carboxylic acids is 1. The fourth-order valence-corrected chi connectivity index (χ4v) is 2.29. The van der Waals surface area contributed by atoms with Crippen molar-refractivity contribution in [3.05, 3.63) is 6.33 Å². The largest absolute Gasteiger partial charge is 0.465 e. The van der Waals surface area contributed by atoms with Crippen LogP contribution in [0.5, 0.6) is 0 Å². The molecule has 1 atom stereocenters. The van der Waals surface area contributed by atoms with Gasteiger partial charge < -0.3 is 14.6 Å². The zero-order chi connectivity index (χ0) is 13.5. The number of hydrogen-bond acceptors (Lipinski definition) is 6. The average Bonchev–Trinajstić information content (AvgIpc) is 2.70. The summed E-state index contributed by atoms with van der Waals surface area (Å²) < 4.78 is 6.87.